The van der Waals surface area contributed by atoms with Crippen LogP contribution in [0, 0.1) is 0 Å². The Labute approximate surface area is 118 Å². The molecule has 1 amide bonds. The van der Waals surface area contributed by atoms with Gasteiger partial charge in [0.25, 0.3) is 5.91 Å². The summed E-state index contributed by atoms with van der Waals surface area (Å²) in [5.41, 5.74) is 0.295. The largest absolute Gasteiger partial charge is 0.496 e. The number of carbonyl (C=O) groups excluding carboxylic acids is 2. The summed E-state index contributed by atoms with van der Waals surface area (Å²) in [6.45, 7) is 2.03. The molecule has 0 spiro atoms. The van der Waals surface area contributed by atoms with E-state index in [0.717, 1.165) is 0 Å². The number of methoxy groups -OCH3 is 3. The minimum absolute atomic E-state index is 0.118. The Morgan fingerprint density at radius 1 is 1.10 bits per heavy atom. The number of likely N-dealkylation sites (N-methyl/N-ethyl adjacent to an activating group) is 1. The Kier molecular flexibility index (Phi) is 5.83. The smallest absolute Gasteiger partial charge is 0.325 e. The zero-order valence-corrected chi connectivity index (χ0v) is 12.1. The zero-order chi connectivity index (χ0) is 15.1. The Morgan fingerprint density at radius 3 is 2.05 bits per heavy atom. The molecular formula is C14H19NO5. The van der Waals surface area contributed by atoms with E-state index in [-0.39, 0.29) is 12.5 Å². The molecule has 6 nitrogen and oxygen atoms in total. The summed E-state index contributed by atoms with van der Waals surface area (Å²) >= 11 is 0. The molecule has 0 bridgehead atoms. The summed E-state index contributed by atoms with van der Waals surface area (Å²) in [6.07, 6.45) is 0. The lowest BCUT2D eigenvalue weighted by atomic mass is 10.1. The van der Waals surface area contributed by atoms with E-state index in [2.05, 4.69) is 4.74 Å². The number of ether oxygens (including phenoxy) is 3. The molecule has 110 valence electrons. The van der Waals surface area contributed by atoms with Crippen molar-refractivity contribution < 1.29 is 23.8 Å². The van der Waals surface area contributed by atoms with Crippen molar-refractivity contribution in [2.24, 2.45) is 0 Å². The molecule has 0 heterocycles. The molecule has 20 heavy (non-hydrogen) atoms. The third kappa shape index (κ3) is 3.40. The van der Waals surface area contributed by atoms with Gasteiger partial charge in [0, 0.05) is 6.54 Å². The Morgan fingerprint density at radius 2 is 1.65 bits per heavy atom. The van der Waals surface area contributed by atoms with Crippen molar-refractivity contribution in [2.45, 2.75) is 6.92 Å². The van der Waals surface area contributed by atoms with Crippen LogP contribution in [-0.2, 0) is 9.53 Å². The second-order valence-electron chi connectivity index (χ2n) is 3.93. The fraction of sp³-hybridized carbons (Fsp3) is 0.429. The lowest BCUT2D eigenvalue weighted by molar-refractivity contribution is -0.141. The average molecular weight is 281 g/mol. The van der Waals surface area contributed by atoms with Gasteiger partial charge in [-0.15, -0.1) is 0 Å². The number of carbonyl (C=O) groups is 2. The zero-order valence-electron chi connectivity index (χ0n) is 12.1. The first-order valence-corrected chi connectivity index (χ1v) is 6.16. The highest BCUT2D eigenvalue weighted by Gasteiger charge is 2.24. The van der Waals surface area contributed by atoms with Crippen molar-refractivity contribution in [3.8, 4) is 11.5 Å². The molecule has 0 N–H and O–H groups in total. The quantitative estimate of drug-likeness (QED) is 0.736. The highest BCUT2D eigenvalue weighted by atomic mass is 16.5. The molecule has 0 aliphatic heterocycles. The SMILES string of the molecule is CCN(CC(=O)OC)C(=O)c1c(OC)cccc1OC. The van der Waals surface area contributed by atoms with Crippen LogP contribution in [0.2, 0.25) is 0 Å². The van der Waals surface area contributed by atoms with Gasteiger partial charge in [0.1, 0.15) is 23.6 Å². The van der Waals surface area contributed by atoms with E-state index in [1.165, 1.54) is 26.2 Å². The highest BCUT2D eigenvalue weighted by Crippen LogP contribution is 2.29. The second-order valence-corrected chi connectivity index (χ2v) is 3.93. The van der Waals surface area contributed by atoms with E-state index in [1.807, 2.05) is 0 Å². The van der Waals surface area contributed by atoms with Gasteiger partial charge in [-0.1, -0.05) is 6.07 Å². The summed E-state index contributed by atoms with van der Waals surface area (Å²) in [5, 5.41) is 0. The fourth-order valence-electron chi connectivity index (χ4n) is 1.77. The molecule has 0 aliphatic carbocycles. The van der Waals surface area contributed by atoms with Gasteiger partial charge < -0.3 is 19.1 Å². The van der Waals surface area contributed by atoms with Crippen LogP contribution in [0.3, 0.4) is 0 Å². The van der Waals surface area contributed by atoms with Crippen molar-refractivity contribution in [2.75, 3.05) is 34.4 Å². The van der Waals surface area contributed by atoms with Crippen LogP contribution in [-0.4, -0.2) is 51.2 Å². The first-order chi connectivity index (χ1) is 9.58. The van der Waals surface area contributed by atoms with Crippen LogP contribution in [0.4, 0.5) is 0 Å². The number of esters is 1. The minimum Gasteiger partial charge on any atom is -0.496 e. The van der Waals surface area contributed by atoms with Gasteiger partial charge in [0.15, 0.2) is 0 Å². The van der Waals surface area contributed by atoms with E-state index < -0.39 is 5.97 Å². The van der Waals surface area contributed by atoms with E-state index >= 15 is 0 Å². The topological polar surface area (TPSA) is 65.1 Å². The standard InChI is InChI=1S/C14H19NO5/c1-5-15(9-12(16)20-4)14(17)13-10(18-2)7-6-8-11(13)19-3/h6-8H,5,9H2,1-4H3. The van der Waals surface area contributed by atoms with Gasteiger partial charge in [0.2, 0.25) is 0 Å². The van der Waals surface area contributed by atoms with Crippen LogP contribution in [0.25, 0.3) is 0 Å². The summed E-state index contributed by atoms with van der Waals surface area (Å²) in [4.78, 5) is 25.3. The second kappa shape index (κ2) is 7.37. The number of benzene rings is 1. The highest BCUT2D eigenvalue weighted by molar-refractivity contribution is 6.01. The Bertz CT molecular complexity index is 464. The minimum atomic E-state index is -0.478. The van der Waals surface area contributed by atoms with Gasteiger partial charge in [-0.25, -0.2) is 0 Å². The number of amides is 1. The number of rotatable bonds is 6. The van der Waals surface area contributed by atoms with Crippen molar-refractivity contribution in [3.63, 3.8) is 0 Å². The molecule has 0 radical (unpaired) electrons. The third-order valence-electron chi connectivity index (χ3n) is 2.86. The van der Waals surface area contributed by atoms with E-state index in [0.29, 0.717) is 23.6 Å². The maximum absolute atomic E-state index is 12.5. The maximum Gasteiger partial charge on any atom is 0.325 e. The van der Waals surface area contributed by atoms with Crippen molar-refractivity contribution in [1.82, 2.24) is 4.90 Å². The monoisotopic (exact) mass is 281 g/mol. The third-order valence-corrected chi connectivity index (χ3v) is 2.86. The molecule has 1 rings (SSSR count). The van der Waals surface area contributed by atoms with Gasteiger partial charge in [-0.2, -0.15) is 0 Å². The van der Waals surface area contributed by atoms with Crippen LogP contribution in [0.5, 0.6) is 11.5 Å². The summed E-state index contributed by atoms with van der Waals surface area (Å²) in [6, 6.07) is 5.06. The van der Waals surface area contributed by atoms with E-state index in [4.69, 9.17) is 9.47 Å². The van der Waals surface area contributed by atoms with Gasteiger partial charge >= 0.3 is 5.97 Å². The summed E-state index contributed by atoms with van der Waals surface area (Å²) in [5.74, 6) is -0.0170. The average Bonchev–Trinajstić information content (AvgIpc) is 2.50. The Hall–Kier alpha value is -2.24. The van der Waals surface area contributed by atoms with E-state index in [9.17, 15) is 9.59 Å². The molecular weight excluding hydrogens is 262 g/mol. The fourth-order valence-corrected chi connectivity index (χ4v) is 1.77. The normalized spacial score (nSPS) is 9.80. The molecule has 1 aromatic rings. The number of hydrogen-bond acceptors (Lipinski definition) is 5. The van der Waals surface area contributed by atoms with Gasteiger partial charge in [-0.05, 0) is 19.1 Å². The van der Waals surface area contributed by atoms with Crippen LogP contribution < -0.4 is 9.47 Å². The Balaban J connectivity index is 3.14. The first kappa shape index (κ1) is 15.8. The molecule has 0 fully saturated rings. The molecule has 0 unspecified atom stereocenters. The van der Waals surface area contributed by atoms with Crippen molar-refractivity contribution in [1.29, 1.82) is 0 Å². The predicted molar refractivity (Wildman–Crippen MR) is 73.1 cm³/mol. The lowest BCUT2D eigenvalue weighted by Gasteiger charge is -2.21. The van der Waals surface area contributed by atoms with E-state index in [1.54, 1.807) is 25.1 Å². The first-order valence-electron chi connectivity index (χ1n) is 6.16. The van der Waals surface area contributed by atoms with Gasteiger partial charge in [-0.3, -0.25) is 9.59 Å². The molecule has 0 aromatic heterocycles. The van der Waals surface area contributed by atoms with Crippen molar-refractivity contribution >= 4 is 11.9 Å². The maximum atomic E-state index is 12.5. The molecule has 0 saturated carbocycles. The molecule has 0 atom stereocenters. The predicted octanol–water partition coefficient (Wildman–Crippen LogP) is 1.34. The molecule has 0 saturated heterocycles. The number of nitrogens with zero attached hydrogens (tertiary/aromatic N) is 1. The van der Waals surface area contributed by atoms with Crippen LogP contribution in [0.1, 0.15) is 17.3 Å². The molecule has 1 aromatic carbocycles. The van der Waals surface area contributed by atoms with Crippen LogP contribution in [0.15, 0.2) is 18.2 Å². The molecule has 0 aliphatic rings. The van der Waals surface area contributed by atoms with Crippen LogP contribution >= 0.6 is 0 Å². The summed E-state index contributed by atoms with van der Waals surface area (Å²) in [7, 11) is 4.23. The van der Waals surface area contributed by atoms with Gasteiger partial charge in [0.05, 0.1) is 21.3 Å². The number of hydrogen-bond donors (Lipinski definition) is 0. The summed E-state index contributed by atoms with van der Waals surface area (Å²) < 4.78 is 15.0. The van der Waals surface area contributed by atoms with Crippen molar-refractivity contribution in [3.05, 3.63) is 23.8 Å². The molecule has 6 heteroatoms. The lowest BCUT2D eigenvalue weighted by Crippen LogP contribution is -2.36.